The van der Waals surface area contributed by atoms with Gasteiger partial charge in [-0.15, -0.1) is 0 Å². The molecule has 6 nitrogen and oxygen atoms in total. The van der Waals surface area contributed by atoms with Crippen LogP contribution in [0.25, 0.3) is 0 Å². The molecule has 0 radical (unpaired) electrons. The van der Waals surface area contributed by atoms with Crippen molar-refractivity contribution in [1.29, 1.82) is 0 Å². The second-order valence-electron chi connectivity index (χ2n) is 5.86. The third kappa shape index (κ3) is 3.29. The van der Waals surface area contributed by atoms with E-state index in [1.165, 1.54) is 26.3 Å². The minimum Gasteiger partial charge on any atom is -0.465 e. The number of carboxylic acid groups (broad SMARTS) is 1. The van der Waals surface area contributed by atoms with Crippen molar-refractivity contribution in [1.82, 2.24) is 9.91 Å². The van der Waals surface area contributed by atoms with Crippen LogP contribution < -0.4 is 0 Å². The normalized spacial score (nSPS) is 21.8. The molecule has 2 aliphatic rings. The summed E-state index contributed by atoms with van der Waals surface area (Å²) in [7, 11) is 1.49. The monoisotopic (exact) mass is 281 g/mol. The Kier molecular flexibility index (Phi) is 4.62. The van der Waals surface area contributed by atoms with Gasteiger partial charge in [0.15, 0.2) is 0 Å². The van der Waals surface area contributed by atoms with E-state index in [4.69, 9.17) is 5.11 Å². The van der Waals surface area contributed by atoms with Crippen molar-refractivity contribution in [2.24, 2.45) is 11.0 Å². The van der Waals surface area contributed by atoms with Gasteiger partial charge in [-0.05, 0) is 25.7 Å². The number of hydrazone groups is 1. The summed E-state index contributed by atoms with van der Waals surface area (Å²) in [5.41, 5.74) is 0.641. The molecule has 0 saturated heterocycles. The van der Waals surface area contributed by atoms with Crippen molar-refractivity contribution in [3.8, 4) is 0 Å². The molecule has 0 aromatic heterocycles. The molecule has 2 rings (SSSR count). The number of amides is 2. The summed E-state index contributed by atoms with van der Waals surface area (Å²) in [5, 5.41) is 14.8. The topological polar surface area (TPSA) is 73.2 Å². The highest BCUT2D eigenvalue weighted by atomic mass is 16.4. The summed E-state index contributed by atoms with van der Waals surface area (Å²) < 4.78 is 0. The van der Waals surface area contributed by atoms with Crippen molar-refractivity contribution in [3.05, 3.63) is 0 Å². The zero-order valence-electron chi connectivity index (χ0n) is 12.2. The quantitative estimate of drug-likeness (QED) is 0.858. The third-order valence-electron chi connectivity index (χ3n) is 4.32. The van der Waals surface area contributed by atoms with Gasteiger partial charge in [0.1, 0.15) is 0 Å². The maximum atomic E-state index is 12.1. The van der Waals surface area contributed by atoms with E-state index in [1.807, 2.05) is 0 Å². The highest BCUT2D eigenvalue weighted by Gasteiger charge is 2.33. The van der Waals surface area contributed by atoms with Crippen LogP contribution in [0.4, 0.5) is 4.79 Å². The number of carbonyl (C=O) groups is 2. The van der Waals surface area contributed by atoms with Gasteiger partial charge < -0.3 is 10.0 Å². The first kappa shape index (κ1) is 14.8. The molecule has 1 heterocycles. The molecule has 1 saturated carbocycles. The van der Waals surface area contributed by atoms with Crippen LogP contribution >= 0.6 is 0 Å². The lowest BCUT2D eigenvalue weighted by molar-refractivity contribution is -0.131. The molecular formula is C14H23N3O3. The molecule has 112 valence electrons. The van der Waals surface area contributed by atoms with E-state index in [-0.39, 0.29) is 24.9 Å². The molecule has 1 atom stereocenters. The summed E-state index contributed by atoms with van der Waals surface area (Å²) >= 11 is 0. The lowest BCUT2D eigenvalue weighted by atomic mass is 9.84. The van der Waals surface area contributed by atoms with E-state index in [9.17, 15) is 9.59 Å². The molecule has 1 aliphatic carbocycles. The molecule has 0 bridgehead atoms. The molecule has 0 spiro atoms. The molecule has 1 unspecified atom stereocenters. The van der Waals surface area contributed by atoms with Crippen molar-refractivity contribution in [2.45, 2.75) is 51.5 Å². The van der Waals surface area contributed by atoms with Crippen LogP contribution in [0.2, 0.25) is 0 Å². The molecule has 2 amide bonds. The molecular weight excluding hydrogens is 258 g/mol. The number of rotatable bonds is 4. The summed E-state index contributed by atoms with van der Waals surface area (Å²) in [5.74, 6) is 0.518. The van der Waals surface area contributed by atoms with E-state index in [0.29, 0.717) is 11.6 Å². The standard InChI is InChI=1S/C14H23N3O3/c1-10(11-6-4-3-5-7-11)17-13(18)8-12(15-17)9-16(2)14(19)20/h10-11H,3-9H2,1-2H3,(H,19,20). The lowest BCUT2D eigenvalue weighted by Gasteiger charge is -2.31. The van der Waals surface area contributed by atoms with Crippen LogP contribution in [-0.4, -0.2) is 52.4 Å². The van der Waals surface area contributed by atoms with Crippen molar-refractivity contribution in [3.63, 3.8) is 0 Å². The average Bonchev–Trinajstić information content (AvgIpc) is 2.79. The Balaban J connectivity index is 1.98. The first-order valence-corrected chi connectivity index (χ1v) is 7.31. The zero-order chi connectivity index (χ0) is 14.7. The fourth-order valence-corrected chi connectivity index (χ4v) is 3.06. The maximum absolute atomic E-state index is 12.1. The number of carbonyl (C=O) groups excluding carboxylic acids is 1. The van der Waals surface area contributed by atoms with Crippen molar-refractivity contribution in [2.75, 3.05) is 13.6 Å². The van der Waals surface area contributed by atoms with Crippen molar-refractivity contribution < 1.29 is 14.7 Å². The van der Waals surface area contributed by atoms with E-state index in [2.05, 4.69) is 12.0 Å². The molecule has 1 N–H and O–H groups in total. The third-order valence-corrected chi connectivity index (χ3v) is 4.32. The molecule has 0 aromatic carbocycles. The SMILES string of the molecule is CC(C1CCCCC1)N1N=C(CN(C)C(=O)O)CC1=O. The first-order valence-electron chi connectivity index (χ1n) is 7.31. The fourth-order valence-electron chi connectivity index (χ4n) is 3.06. The maximum Gasteiger partial charge on any atom is 0.407 e. The van der Waals surface area contributed by atoms with Gasteiger partial charge in [-0.2, -0.15) is 5.10 Å². The van der Waals surface area contributed by atoms with E-state index in [0.717, 1.165) is 17.7 Å². The Morgan fingerprint density at radius 2 is 2.10 bits per heavy atom. The number of hydrogen-bond donors (Lipinski definition) is 1. The van der Waals surface area contributed by atoms with Crippen LogP contribution in [0.3, 0.4) is 0 Å². The first-order chi connectivity index (χ1) is 9.49. The highest BCUT2D eigenvalue weighted by molar-refractivity contribution is 6.06. The Bertz CT molecular complexity index is 416. The molecule has 1 aliphatic heterocycles. The highest BCUT2D eigenvalue weighted by Crippen LogP contribution is 2.30. The van der Waals surface area contributed by atoms with Gasteiger partial charge in [-0.1, -0.05) is 19.3 Å². The molecule has 20 heavy (non-hydrogen) atoms. The van der Waals surface area contributed by atoms with Crippen LogP contribution in [-0.2, 0) is 4.79 Å². The van der Waals surface area contributed by atoms with E-state index in [1.54, 1.807) is 5.01 Å². The number of hydrogen-bond acceptors (Lipinski definition) is 3. The average molecular weight is 281 g/mol. The predicted octanol–water partition coefficient (Wildman–Crippen LogP) is 2.15. The van der Waals surface area contributed by atoms with E-state index >= 15 is 0 Å². The Morgan fingerprint density at radius 1 is 1.45 bits per heavy atom. The largest absolute Gasteiger partial charge is 0.465 e. The van der Waals surface area contributed by atoms with Crippen LogP contribution in [0.1, 0.15) is 45.4 Å². The van der Waals surface area contributed by atoms with Gasteiger partial charge in [0, 0.05) is 7.05 Å². The Labute approximate surface area is 119 Å². The zero-order valence-corrected chi connectivity index (χ0v) is 12.2. The van der Waals surface area contributed by atoms with Crippen LogP contribution in [0.15, 0.2) is 5.10 Å². The van der Waals surface area contributed by atoms with Crippen LogP contribution in [0.5, 0.6) is 0 Å². The second kappa shape index (κ2) is 6.24. The molecule has 0 aromatic rings. The number of nitrogens with zero attached hydrogens (tertiary/aromatic N) is 3. The van der Waals surface area contributed by atoms with Crippen LogP contribution in [0, 0.1) is 5.92 Å². The molecule has 6 heteroatoms. The summed E-state index contributed by atoms with van der Waals surface area (Å²) in [6.07, 6.45) is 5.31. The smallest absolute Gasteiger partial charge is 0.407 e. The lowest BCUT2D eigenvalue weighted by Crippen LogP contribution is -2.37. The summed E-state index contributed by atoms with van der Waals surface area (Å²) in [6, 6.07) is 0.121. The van der Waals surface area contributed by atoms with Crippen molar-refractivity contribution >= 4 is 17.7 Å². The van der Waals surface area contributed by atoms with Gasteiger partial charge in [-0.25, -0.2) is 9.80 Å². The molecule has 1 fully saturated rings. The van der Waals surface area contributed by atoms with Gasteiger partial charge in [0.05, 0.1) is 24.7 Å². The Hall–Kier alpha value is -1.59. The second-order valence-corrected chi connectivity index (χ2v) is 5.86. The fraction of sp³-hybridized carbons (Fsp3) is 0.786. The van der Waals surface area contributed by atoms with Gasteiger partial charge in [0.25, 0.3) is 0 Å². The van der Waals surface area contributed by atoms with Gasteiger partial charge in [0.2, 0.25) is 5.91 Å². The van der Waals surface area contributed by atoms with E-state index < -0.39 is 6.09 Å². The summed E-state index contributed by atoms with van der Waals surface area (Å²) in [6.45, 7) is 2.26. The minimum atomic E-state index is -1.00. The predicted molar refractivity (Wildman–Crippen MR) is 75.6 cm³/mol. The summed E-state index contributed by atoms with van der Waals surface area (Å²) in [4.78, 5) is 24.0. The van der Waals surface area contributed by atoms with Gasteiger partial charge in [-0.3, -0.25) is 4.79 Å². The Morgan fingerprint density at radius 3 is 2.70 bits per heavy atom. The minimum absolute atomic E-state index is 0.00291. The van der Waals surface area contributed by atoms with Gasteiger partial charge >= 0.3 is 6.09 Å².